The second-order valence-corrected chi connectivity index (χ2v) is 5.43. The van der Waals surface area contributed by atoms with Crippen molar-refractivity contribution in [2.45, 2.75) is 18.9 Å². The summed E-state index contributed by atoms with van der Waals surface area (Å²) in [6, 6.07) is 4.07. The summed E-state index contributed by atoms with van der Waals surface area (Å²) in [6.07, 6.45) is 5.58. The first kappa shape index (κ1) is 13.1. The molecule has 5 heteroatoms. The zero-order valence-corrected chi connectivity index (χ0v) is 11.7. The van der Waals surface area contributed by atoms with Crippen molar-refractivity contribution in [3.8, 4) is 0 Å². The lowest BCUT2D eigenvalue weighted by Gasteiger charge is -2.25. The van der Waals surface area contributed by atoms with Gasteiger partial charge < -0.3 is 10.2 Å². The Morgan fingerprint density at radius 1 is 1.56 bits per heavy atom. The van der Waals surface area contributed by atoms with Crippen molar-refractivity contribution in [3.05, 3.63) is 41.2 Å². The van der Waals surface area contributed by atoms with Crippen LogP contribution >= 0.6 is 15.9 Å². The third-order valence-electron chi connectivity index (χ3n) is 3.04. The average Bonchev–Trinajstić information content (AvgIpc) is 2.86. The highest BCUT2D eigenvalue weighted by Crippen LogP contribution is 2.31. The monoisotopic (exact) mass is 309 g/mol. The molecule has 0 radical (unpaired) electrons. The number of pyridine rings is 1. The molecule has 1 fully saturated rings. The third-order valence-corrected chi connectivity index (χ3v) is 3.32. The van der Waals surface area contributed by atoms with Crippen LogP contribution in [0.2, 0.25) is 0 Å². The smallest absolute Gasteiger partial charge is 0.318 e. The fraction of sp³-hybridized carbons (Fsp3) is 0.385. The maximum atomic E-state index is 12.1. The summed E-state index contributed by atoms with van der Waals surface area (Å²) in [6.45, 7) is 4.96. The maximum Gasteiger partial charge on any atom is 0.318 e. The first-order valence-corrected chi connectivity index (χ1v) is 6.75. The quantitative estimate of drug-likeness (QED) is 0.933. The molecule has 2 amide bonds. The van der Waals surface area contributed by atoms with Gasteiger partial charge in [0.1, 0.15) is 0 Å². The van der Waals surface area contributed by atoms with Crippen LogP contribution in [0.4, 0.5) is 4.79 Å². The van der Waals surface area contributed by atoms with E-state index in [1.807, 2.05) is 17.0 Å². The molecule has 2 rings (SSSR count). The molecular weight excluding hydrogens is 294 g/mol. The standard InChI is InChI=1S/C13H16BrN3O/c1-10(14)9-16-13(18)17-8-2-3-12(17)11-4-6-15-7-5-11/h4-7,12H,1-3,8-9H2,(H,16,18)/t12-/m1/s1. The number of likely N-dealkylation sites (tertiary alicyclic amines) is 1. The molecule has 18 heavy (non-hydrogen) atoms. The van der Waals surface area contributed by atoms with E-state index < -0.39 is 0 Å². The van der Waals surface area contributed by atoms with Gasteiger partial charge in [-0.3, -0.25) is 4.98 Å². The number of urea groups is 1. The fourth-order valence-corrected chi connectivity index (χ4v) is 2.36. The molecule has 1 aliphatic rings. The van der Waals surface area contributed by atoms with E-state index >= 15 is 0 Å². The molecule has 0 unspecified atom stereocenters. The number of nitrogens with zero attached hydrogens (tertiary/aromatic N) is 2. The Balaban J connectivity index is 2.03. The number of carbonyl (C=O) groups is 1. The normalized spacial score (nSPS) is 18.7. The molecule has 1 aliphatic heterocycles. The fourth-order valence-electron chi connectivity index (χ4n) is 2.22. The summed E-state index contributed by atoms with van der Waals surface area (Å²) in [5, 5.41) is 2.85. The van der Waals surface area contributed by atoms with E-state index in [0.29, 0.717) is 6.54 Å². The van der Waals surface area contributed by atoms with Gasteiger partial charge in [-0.15, -0.1) is 0 Å². The van der Waals surface area contributed by atoms with Crippen LogP contribution in [-0.2, 0) is 0 Å². The number of carbonyl (C=O) groups excluding carboxylic acids is 1. The van der Waals surface area contributed by atoms with Gasteiger partial charge >= 0.3 is 6.03 Å². The molecule has 1 atom stereocenters. The Morgan fingerprint density at radius 2 is 2.28 bits per heavy atom. The van der Waals surface area contributed by atoms with Gasteiger partial charge in [0.05, 0.1) is 12.6 Å². The topological polar surface area (TPSA) is 45.2 Å². The SMILES string of the molecule is C=C(Br)CNC(=O)N1CCC[C@@H]1c1ccncc1. The lowest BCUT2D eigenvalue weighted by molar-refractivity contribution is 0.194. The van der Waals surface area contributed by atoms with Crippen LogP contribution in [0.3, 0.4) is 0 Å². The van der Waals surface area contributed by atoms with Crippen LogP contribution in [0.1, 0.15) is 24.4 Å². The Hall–Kier alpha value is -1.36. The number of rotatable bonds is 3. The minimum absolute atomic E-state index is 0.0325. The van der Waals surface area contributed by atoms with Gasteiger partial charge in [-0.05, 0) is 30.5 Å². The van der Waals surface area contributed by atoms with Crippen molar-refractivity contribution in [1.29, 1.82) is 0 Å². The summed E-state index contributed by atoms with van der Waals surface area (Å²) in [5.74, 6) is 0. The van der Waals surface area contributed by atoms with Crippen molar-refractivity contribution in [2.24, 2.45) is 0 Å². The minimum Gasteiger partial charge on any atom is -0.333 e. The molecule has 1 aromatic rings. The molecule has 0 aliphatic carbocycles. The lowest BCUT2D eigenvalue weighted by atomic mass is 10.1. The Kier molecular flexibility index (Phi) is 4.36. The first-order valence-electron chi connectivity index (χ1n) is 5.96. The second-order valence-electron chi connectivity index (χ2n) is 4.31. The molecule has 0 saturated carbocycles. The van der Waals surface area contributed by atoms with Gasteiger partial charge in [0.25, 0.3) is 0 Å². The molecule has 4 nitrogen and oxygen atoms in total. The zero-order chi connectivity index (χ0) is 13.0. The number of hydrogen-bond acceptors (Lipinski definition) is 2. The Labute approximate surface area is 115 Å². The van der Waals surface area contributed by atoms with Gasteiger partial charge in [0.2, 0.25) is 0 Å². The summed E-state index contributed by atoms with van der Waals surface area (Å²) in [5.41, 5.74) is 1.15. The van der Waals surface area contributed by atoms with Crippen molar-refractivity contribution >= 4 is 22.0 Å². The number of nitrogens with one attached hydrogen (secondary N) is 1. The first-order chi connectivity index (χ1) is 8.68. The molecule has 0 bridgehead atoms. The molecule has 2 heterocycles. The second kappa shape index (κ2) is 6.00. The molecule has 96 valence electrons. The zero-order valence-electron chi connectivity index (χ0n) is 10.1. The predicted octanol–water partition coefficient (Wildman–Crippen LogP) is 2.84. The lowest BCUT2D eigenvalue weighted by Crippen LogP contribution is -2.39. The van der Waals surface area contributed by atoms with Gasteiger partial charge in [-0.2, -0.15) is 0 Å². The summed E-state index contributed by atoms with van der Waals surface area (Å²) < 4.78 is 0.774. The van der Waals surface area contributed by atoms with Gasteiger partial charge in [0.15, 0.2) is 0 Å². The van der Waals surface area contributed by atoms with Crippen LogP contribution in [-0.4, -0.2) is 29.0 Å². The number of amides is 2. The Morgan fingerprint density at radius 3 is 2.94 bits per heavy atom. The molecule has 1 N–H and O–H groups in total. The van der Waals surface area contributed by atoms with Gasteiger partial charge in [-0.25, -0.2) is 4.79 Å². The molecule has 1 saturated heterocycles. The molecular formula is C13H16BrN3O. The molecule has 0 spiro atoms. The van der Waals surface area contributed by atoms with E-state index in [-0.39, 0.29) is 12.1 Å². The highest BCUT2D eigenvalue weighted by Gasteiger charge is 2.29. The number of hydrogen-bond donors (Lipinski definition) is 1. The average molecular weight is 310 g/mol. The van der Waals surface area contributed by atoms with E-state index in [4.69, 9.17) is 0 Å². The van der Waals surface area contributed by atoms with Crippen LogP contribution in [0, 0.1) is 0 Å². The molecule has 1 aromatic heterocycles. The van der Waals surface area contributed by atoms with E-state index in [1.165, 1.54) is 0 Å². The highest BCUT2D eigenvalue weighted by molar-refractivity contribution is 9.11. The van der Waals surface area contributed by atoms with Crippen LogP contribution in [0.25, 0.3) is 0 Å². The minimum atomic E-state index is -0.0325. The number of aromatic nitrogens is 1. The largest absolute Gasteiger partial charge is 0.333 e. The maximum absolute atomic E-state index is 12.1. The molecule has 0 aromatic carbocycles. The van der Waals surface area contributed by atoms with Crippen molar-refractivity contribution in [3.63, 3.8) is 0 Å². The Bertz CT molecular complexity index is 435. The highest BCUT2D eigenvalue weighted by atomic mass is 79.9. The summed E-state index contributed by atoms with van der Waals surface area (Å²) in [4.78, 5) is 18.0. The van der Waals surface area contributed by atoms with Gasteiger partial charge in [-0.1, -0.05) is 22.5 Å². The van der Waals surface area contributed by atoms with E-state index in [2.05, 4.69) is 32.8 Å². The van der Waals surface area contributed by atoms with Crippen LogP contribution < -0.4 is 5.32 Å². The van der Waals surface area contributed by atoms with E-state index in [1.54, 1.807) is 12.4 Å². The van der Waals surface area contributed by atoms with Crippen molar-refractivity contribution < 1.29 is 4.79 Å². The third kappa shape index (κ3) is 3.10. The summed E-state index contributed by atoms with van der Waals surface area (Å²) in [7, 11) is 0. The van der Waals surface area contributed by atoms with Crippen molar-refractivity contribution in [2.75, 3.05) is 13.1 Å². The van der Waals surface area contributed by atoms with Crippen LogP contribution in [0.5, 0.6) is 0 Å². The van der Waals surface area contributed by atoms with Gasteiger partial charge in [0, 0.05) is 23.4 Å². The number of halogens is 1. The van der Waals surface area contributed by atoms with E-state index in [0.717, 1.165) is 29.4 Å². The predicted molar refractivity (Wildman–Crippen MR) is 74.4 cm³/mol. The van der Waals surface area contributed by atoms with E-state index in [9.17, 15) is 4.79 Å². The summed E-state index contributed by atoms with van der Waals surface area (Å²) >= 11 is 3.24. The van der Waals surface area contributed by atoms with Crippen molar-refractivity contribution in [1.82, 2.24) is 15.2 Å². The van der Waals surface area contributed by atoms with Crippen LogP contribution in [0.15, 0.2) is 35.6 Å².